The Morgan fingerprint density at radius 1 is 1.26 bits per heavy atom. The fourth-order valence-electron chi connectivity index (χ4n) is 2.97. The molecule has 130 valence electrons. The lowest BCUT2D eigenvalue weighted by atomic mass is 9.96. The van der Waals surface area contributed by atoms with Gasteiger partial charge in [-0.15, -0.1) is 24.0 Å². The molecular formula is C18H30IN3O. The molecule has 1 aliphatic carbocycles. The standard InChI is InChI=1S/C18H29N3O.HI/c1-4-19-18(21-16-8-6-5-7-9-16)20-13-15-10-11-17(22-3)14(2)12-15;/h10-12,16H,4-9,13H2,1-3H3,(H2,19,20,21);1H. The van der Waals surface area contributed by atoms with Crippen molar-refractivity contribution in [3.05, 3.63) is 29.3 Å². The number of guanidine groups is 1. The smallest absolute Gasteiger partial charge is 0.191 e. The monoisotopic (exact) mass is 431 g/mol. The molecule has 2 rings (SSSR count). The summed E-state index contributed by atoms with van der Waals surface area (Å²) in [6, 6.07) is 6.82. The van der Waals surface area contributed by atoms with Gasteiger partial charge in [-0.05, 0) is 43.9 Å². The van der Waals surface area contributed by atoms with E-state index in [4.69, 9.17) is 9.73 Å². The maximum atomic E-state index is 5.30. The van der Waals surface area contributed by atoms with Crippen molar-refractivity contribution >= 4 is 29.9 Å². The van der Waals surface area contributed by atoms with Gasteiger partial charge in [-0.25, -0.2) is 4.99 Å². The highest BCUT2D eigenvalue weighted by atomic mass is 127. The topological polar surface area (TPSA) is 45.7 Å². The van der Waals surface area contributed by atoms with Crippen LogP contribution >= 0.6 is 24.0 Å². The molecule has 0 unspecified atom stereocenters. The van der Waals surface area contributed by atoms with Crippen LogP contribution < -0.4 is 15.4 Å². The number of rotatable bonds is 5. The Balaban J connectivity index is 0.00000264. The average molecular weight is 431 g/mol. The van der Waals surface area contributed by atoms with E-state index in [0.717, 1.165) is 23.8 Å². The Labute approximate surface area is 157 Å². The Hall–Kier alpha value is -0.980. The van der Waals surface area contributed by atoms with Gasteiger partial charge in [-0.1, -0.05) is 31.4 Å². The first kappa shape index (κ1) is 20.1. The molecule has 1 aromatic carbocycles. The molecule has 1 fully saturated rings. The first-order chi connectivity index (χ1) is 10.7. The third kappa shape index (κ3) is 6.57. The molecule has 1 aliphatic rings. The minimum atomic E-state index is 0. The van der Waals surface area contributed by atoms with Gasteiger partial charge in [0.2, 0.25) is 0 Å². The van der Waals surface area contributed by atoms with Crippen molar-refractivity contribution < 1.29 is 4.74 Å². The molecule has 4 nitrogen and oxygen atoms in total. The minimum absolute atomic E-state index is 0. The van der Waals surface area contributed by atoms with Gasteiger partial charge >= 0.3 is 0 Å². The SMILES string of the molecule is CCNC(=NCc1ccc(OC)c(C)c1)NC1CCCCC1.I. The van der Waals surface area contributed by atoms with Crippen LogP contribution in [-0.2, 0) is 6.54 Å². The third-order valence-corrected chi connectivity index (χ3v) is 4.17. The van der Waals surface area contributed by atoms with Crippen LogP contribution in [-0.4, -0.2) is 25.7 Å². The molecule has 0 saturated heterocycles. The summed E-state index contributed by atoms with van der Waals surface area (Å²) in [5.41, 5.74) is 2.36. The molecule has 0 aromatic heterocycles. The second-order valence-electron chi connectivity index (χ2n) is 5.98. The van der Waals surface area contributed by atoms with Crippen LogP contribution in [0.5, 0.6) is 5.75 Å². The van der Waals surface area contributed by atoms with Crippen LogP contribution in [0.2, 0.25) is 0 Å². The summed E-state index contributed by atoms with van der Waals surface area (Å²) >= 11 is 0. The number of hydrogen-bond acceptors (Lipinski definition) is 2. The zero-order chi connectivity index (χ0) is 15.8. The van der Waals surface area contributed by atoms with E-state index in [1.807, 2.05) is 6.07 Å². The first-order valence-corrected chi connectivity index (χ1v) is 8.41. The summed E-state index contributed by atoms with van der Waals surface area (Å²) < 4.78 is 5.30. The molecule has 0 bridgehead atoms. The van der Waals surface area contributed by atoms with Gasteiger partial charge in [-0.3, -0.25) is 0 Å². The summed E-state index contributed by atoms with van der Waals surface area (Å²) in [6.07, 6.45) is 6.54. The largest absolute Gasteiger partial charge is 0.496 e. The second-order valence-corrected chi connectivity index (χ2v) is 5.98. The van der Waals surface area contributed by atoms with Crippen molar-refractivity contribution in [3.63, 3.8) is 0 Å². The van der Waals surface area contributed by atoms with Gasteiger partial charge < -0.3 is 15.4 Å². The van der Waals surface area contributed by atoms with Gasteiger partial charge in [0.1, 0.15) is 5.75 Å². The fourth-order valence-corrected chi connectivity index (χ4v) is 2.97. The summed E-state index contributed by atoms with van der Waals surface area (Å²) in [6.45, 7) is 5.75. The Bertz CT molecular complexity index is 499. The van der Waals surface area contributed by atoms with Gasteiger partial charge in [0, 0.05) is 12.6 Å². The van der Waals surface area contributed by atoms with Gasteiger partial charge in [0.25, 0.3) is 0 Å². The van der Waals surface area contributed by atoms with Crippen LogP contribution in [0, 0.1) is 6.92 Å². The number of aryl methyl sites for hydroxylation is 1. The molecule has 5 heteroatoms. The van der Waals surface area contributed by atoms with E-state index in [-0.39, 0.29) is 24.0 Å². The number of nitrogens with zero attached hydrogens (tertiary/aromatic N) is 1. The fraction of sp³-hybridized carbons (Fsp3) is 0.611. The number of halogens is 1. The molecule has 23 heavy (non-hydrogen) atoms. The highest BCUT2D eigenvalue weighted by Gasteiger charge is 2.14. The van der Waals surface area contributed by atoms with Gasteiger partial charge in [-0.2, -0.15) is 0 Å². The molecule has 0 spiro atoms. The number of methoxy groups -OCH3 is 1. The van der Waals surface area contributed by atoms with Crippen molar-refractivity contribution in [3.8, 4) is 5.75 Å². The van der Waals surface area contributed by atoms with E-state index < -0.39 is 0 Å². The molecule has 0 radical (unpaired) electrons. The van der Waals surface area contributed by atoms with Crippen molar-refractivity contribution in [2.45, 2.75) is 58.5 Å². The maximum Gasteiger partial charge on any atom is 0.191 e. The predicted molar refractivity (Wildman–Crippen MR) is 108 cm³/mol. The number of nitrogens with one attached hydrogen (secondary N) is 2. The Morgan fingerprint density at radius 3 is 2.61 bits per heavy atom. The molecule has 0 heterocycles. The lowest BCUT2D eigenvalue weighted by Crippen LogP contribution is -2.44. The number of benzene rings is 1. The van der Waals surface area contributed by atoms with Crippen LogP contribution in [0.3, 0.4) is 0 Å². The molecule has 2 N–H and O–H groups in total. The van der Waals surface area contributed by atoms with E-state index in [9.17, 15) is 0 Å². The zero-order valence-corrected chi connectivity index (χ0v) is 16.9. The van der Waals surface area contributed by atoms with Gasteiger partial charge in [0.15, 0.2) is 5.96 Å². The minimum Gasteiger partial charge on any atom is -0.496 e. The normalized spacial score (nSPS) is 15.7. The zero-order valence-electron chi connectivity index (χ0n) is 14.5. The Morgan fingerprint density at radius 2 is 2.00 bits per heavy atom. The van der Waals surface area contributed by atoms with Crippen LogP contribution in [0.4, 0.5) is 0 Å². The molecular weight excluding hydrogens is 401 g/mol. The average Bonchev–Trinajstić information content (AvgIpc) is 2.54. The molecule has 1 aromatic rings. The molecule has 0 aliphatic heterocycles. The van der Waals surface area contributed by atoms with Crippen LogP contribution in [0.15, 0.2) is 23.2 Å². The van der Waals surface area contributed by atoms with E-state index in [1.165, 1.54) is 37.7 Å². The lowest BCUT2D eigenvalue weighted by molar-refractivity contribution is 0.410. The van der Waals surface area contributed by atoms with Crippen molar-refractivity contribution in [2.75, 3.05) is 13.7 Å². The van der Waals surface area contributed by atoms with Crippen LogP contribution in [0.25, 0.3) is 0 Å². The van der Waals surface area contributed by atoms with E-state index in [1.54, 1.807) is 7.11 Å². The van der Waals surface area contributed by atoms with Gasteiger partial charge in [0.05, 0.1) is 13.7 Å². The molecule has 1 saturated carbocycles. The maximum absolute atomic E-state index is 5.30. The first-order valence-electron chi connectivity index (χ1n) is 8.41. The number of ether oxygens (including phenoxy) is 1. The highest BCUT2D eigenvalue weighted by molar-refractivity contribution is 14.0. The van der Waals surface area contributed by atoms with E-state index >= 15 is 0 Å². The number of hydrogen-bond donors (Lipinski definition) is 2. The summed E-state index contributed by atoms with van der Waals surface area (Å²) in [4.78, 5) is 4.73. The summed E-state index contributed by atoms with van der Waals surface area (Å²) in [7, 11) is 1.71. The quantitative estimate of drug-likeness (QED) is 0.421. The third-order valence-electron chi connectivity index (χ3n) is 4.17. The Kier molecular flexibility index (Phi) is 9.36. The predicted octanol–water partition coefficient (Wildman–Crippen LogP) is 4.01. The number of aliphatic imine (C=N–C) groups is 1. The van der Waals surface area contributed by atoms with Crippen LogP contribution in [0.1, 0.15) is 50.2 Å². The van der Waals surface area contributed by atoms with Crippen molar-refractivity contribution in [2.24, 2.45) is 4.99 Å². The second kappa shape index (κ2) is 10.7. The van der Waals surface area contributed by atoms with E-state index in [2.05, 4.69) is 36.6 Å². The molecule has 0 amide bonds. The summed E-state index contributed by atoms with van der Waals surface area (Å²) in [5, 5.41) is 6.93. The highest BCUT2D eigenvalue weighted by Crippen LogP contribution is 2.19. The van der Waals surface area contributed by atoms with E-state index in [0.29, 0.717) is 12.6 Å². The summed E-state index contributed by atoms with van der Waals surface area (Å²) in [5.74, 6) is 1.86. The van der Waals surface area contributed by atoms with Crippen molar-refractivity contribution in [1.29, 1.82) is 0 Å². The molecule has 0 atom stereocenters. The van der Waals surface area contributed by atoms with Crippen molar-refractivity contribution in [1.82, 2.24) is 10.6 Å². The lowest BCUT2D eigenvalue weighted by Gasteiger charge is -2.24.